The molecule has 1 fully saturated rings. The molecule has 4 rings (SSSR count). The molecule has 0 atom stereocenters. The molecule has 5 heteroatoms. The molecule has 3 heterocycles. The van der Waals surface area contributed by atoms with Gasteiger partial charge in [-0.2, -0.15) is 0 Å². The second-order valence-electron chi connectivity index (χ2n) is 6.08. The van der Waals surface area contributed by atoms with Gasteiger partial charge in [0.05, 0.1) is 6.26 Å². The molecule has 0 unspecified atom stereocenters. The second kappa shape index (κ2) is 4.95. The molecule has 2 aliphatic rings. The lowest BCUT2D eigenvalue weighted by molar-refractivity contribution is -0.0140. The van der Waals surface area contributed by atoms with Crippen LogP contribution in [-0.2, 0) is 5.41 Å². The van der Waals surface area contributed by atoms with Gasteiger partial charge in [0.1, 0.15) is 0 Å². The van der Waals surface area contributed by atoms with Crippen molar-refractivity contribution in [2.24, 2.45) is 0 Å². The lowest BCUT2D eigenvalue weighted by atomic mass is 9.75. The van der Waals surface area contributed by atoms with Gasteiger partial charge in [-0.1, -0.05) is 18.2 Å². The maximum Gasteiger partial charge on any atom is 0.293 e. The lowest BCUT2D eigenvalue weighted by Gasteiger charge is -2.36. The van der Waals surface area contributed by atoms with Crippen molar-refractivity contribution in [3.63, 3.8) is 0 Å². The van der Waals surface area contributed by atoms with E-state index in [-0.39, 0.29) is 11.3 Å². The molecule has 114 valence electrons. The first-order chi connectivity index (χ1) is 10.7. The summed E-state index contributed by atoms with van der Waals surface area (Å²) in [4.78, 5) is 14.5. The molecular formula is C17H17FN2O2. The van der Waals surface area contributed by atoms with Crippen LogP contribution >= 0.6 is 0 Å². The minimum absolute atomic E-state index is 0.128. The van der Waals surface area contributed by atoms with Crippen molar-refractivity contribution in [3.8, 4) is 0 Å². The predicted octanol–water partition coefficient (Wildman–Crippen LogP) is 3.16. The Morgan fingerprint density at radius 2 is 1.91 bits per heavy atom. The van der Waals surface area contributed by atoms with E-state index < -0.39 is 0 Å². The number of halogens is 1. The summed E-state index contributed by atoms with van der Waals surface area (Å²) in [6, 6.07) is 11.4. The number of anilines is 1. The van der Waals surface area contributed by atoms with E-state index in [2.05, 4.69) is 6.07 Å². The number of fused-ring (bicyclic) bond motifs is 2. The number of benzene rings is 1. The van der Waals surface area contributed by atoms with Crippen molar-refractivity contribution < 1.29 is 13.7 Å². The smallest absolute Gasteiger partial charge is 0.293 e. The summed E-state index contributed by atoms with van der Waals surface area (Å²) < 4.78 is 18.7. The molecule has 0 bridgehead atoms. The molecule has 0 radical (unpaired) electrons. The van der Waals surface area contributed by atoms with E-state index in [1.807, 2.05) is 18.2 Å². The molecule has 0 N–H and O–H groups in total. The van der Waals surface area contributed by atoms with Crippen LogP contribution in [0.5, 0.6) is 0 Å². The van der Waals surface area contributed by atoms with Gasteiger partial charge in [0, 0.05) is 30.7 Å². The average molecular weight is 300 g/mol. The third-order valence-corrected chi connectivity index (χ3v) is 4.87. The van der Waals surface area contributed by atoms with Crippen LogP contribution < -0.4 is 4.90 Å². The Balaban J connectivity index is 1.73. The summed E-state index contributed by atoms with van der Waals surface area (Å²) in [5, 5.41) is 0.866. The first-order valence-corrected chi connectivity index (χ1v) is 7.55. The van der Waals surface area contributed by atoms with E-state index in [0.717, 1.165) is 29.2 Å². The van der Waals surface area contributed by atoms with Gasteiger partial charge >= 0.3 is 0 Å². The molecular weight excluding hydrogens is 283 g/mol. The number of piperidine rings is 1. The minimum Gasteiger partial charge on any atom is -0.459 e. The fourth-order valence-corrected chi connectivity index (χ4v) is 3.68. The summed E-state index contributed by atoms with van der Waals surface area (Å²) in [6.45, 7) is 1.42. The van der Waals surface area contributed by atoms with Crippen LogP contribution in [0.2, 0.25) is 0 Å². The second-order valence-corrected chi connectivity index (χ2v) is 6.08. The van der Waals surface area contributed by atoms with Crippen LogP contribution in [0.3, 0.4) is 0 Å². The molecule has 0 aliphatic carbocycles. The van der Waals surface area contributed by atoms with Crippen LogP contribution in [-0.4, -0.2) is 30.7 Å². The molecule has 2 aliphatic heterocycles. The normalized spacial score (nSPS) is 20.3. The minimum atomic E-state index is -0.137. The highest BCUT2D eigenvalue weighted by Crippen LogP contribution is 2.47. The first-order valence-electron chi connectivity index (χ1n) is 7.55. The van der Waals surface area contributed by atoms with Crippen molar-refractivity contribution in [3.05, 3.63) is 54.0 Å². The molecule has 0 saturated carbocycles. The lowest BCUT2D eigenvalue weighted by Crippen LogP contribution is -2.43. The highest BCUT2D eigenvalue weighted by Gasteiger charge is 2.46. The molecule has 2 aromatic rings. The third-order valence-electron chi connectivity index (χ3n) is 4.87. The van der Waals surface area contributed by atoms with Gasteiger partial charge in [-0.3, -0.25) is 4.79 Å². The van der Waals surface area contributed by atoms with Crippen LogP contribution in [0.1, 0.15) is 29.0 Å². The number of amides is 1. The molecule has 1 amide bonds. The van der Waals surface area contributed by atoms with Crippen LogP contribution in [0, 0.1) is 0 Å². The van der Waals surface area contributed by atoms with Gasteiger partial charge in [-0.05, 0) is 36.6 Å². The summed E-state index contributed by atoms with van der Waals surface area (Å²) >= 11 is 0. The summed E-state index contributed by atoms with van der Waals surface area (Å²) in [5.74, 6) is 0.215. The van der Waals surface area contributed by atoms with Crippen molar-refractivity contribution >= 4 is 11.6 Å². The number of carbonyl (C=O) groups excluding carboxylic acids is 1. The number of para-hydroxylation sites is 1. The Morgan fingerprint density at radius 1 is 1.14 bits per heavy atom. The Hall–Kier alpha value is -2.14. The highest BCUT2D eigenvalue weighted by molar-refractivity contribution is 6.06. The highest BCUT2D eigenvalue weighted by atomic mass is 19.2. The van der Waals surface area contributed by atoms with Crippen LogP contribution in [0.4, 0.5) is 10.2 Å². The zero-order valence-corrected chi connectivity index (χ0v) is 12.2. The standard InChI is InChI=1S/C17H17FN2O2/c18-19-9-7-17(8-10-19)12-20(14-5-2-1-4-13(14)17)16(21)15-6-3-11-22-15/h1-6,11H,7-10,12H2. The number of hydrogen-bond donors (Lipinski definition) is 0. The molecule has 22 heavy (non-hydrogen) atoms. The Bertz CT molecular complexity index is 690. The topological polar surface area (TPSA) is 36.7 Å². The molecule has 1 aromatic carbocycles. The van der Waals surface area contributed by atoms with E-state index >= 15 is 0 Å². The van der Waals surface area contributed by atoms with E-state index in [4.69, 9.17) is 4.42 Å². The fraction of sp³-hybridized carbons (Fsp3) is 0.353. The van der Waals surface area contributed by atoms with Crippen molar-refractivity contribution in [2.45, 2.75) is 18.3 Å². The molecule has 1 saturated heterocycles. The van der Waals surface area contributed by atoms with Gasteiger partial charge in [-0.25, -0.2) is 0 Å². The van der Waals surface area contributed by atoms with E-state index in [1.165, 1.54) is 6.26 Å². The number of carbonyl (C=O) groups is 1. The maximum atomic E-state index is 13.4. The molecule has 1 spiro atoms. The Kier molecular flexibility index (Phi) is 3.04. The maximum absolute atomic E-state index is 13.4. The summed E-state index contributed by atoms with van der Waals surface area (Å²) in [7, 11) is 0. The van der Waals surface area contributed by atoms with Crippen molar-refractivity contribution in [2.75, 3.05) is 24.5 Å². The van der Waals surface area contributed by atoms with Gasteiger partial charge in [0.2, 0.25) is 0 Å². The van der Waals surface area contributed by atoms with Gasteiger partial charge in [0.25, 0.3) is 5.91 Å². The third kappa shape index (κ3) is 1.96. The number of hydrogen-bond acceptors (Lipinski definition) is 3. The number of furan rings is 1. The van der Waals surface area contributed by atoms with Crippen LogP contribution in [0.15, 0.2) is 47.1 Å². The quantitative estimate of drug-likeness (QED) is 0.759. The van der Waals surface area contributed by atoms with Crippen LogP contribution in [0.25, 0.3) is 0 Å². The SMILES string of the molecule is O=C(c1ccco1)N1CC2(CCN(F)CC2)c2ccccc21. The molecule has 4 nitrogen and oxygen atoms in total. The van der Waals surface area contributed by atoms with Gasteiger partial charge in [-0.15, -0.1) is 9.60 Å². The first kappa shape index (κ1) is 13.5. The van der Waals surface area contributed by atoms with E-state index in [9.17, 15) is 9.28 Å². The van der Waals surface area contributed by atoms with E-state index in [1.54, 1.807) is 17.0 Å². The average Bonchev–Trinajstić information content (AvgIpc) is 3.18. The van der Waals surface area contributed by atoms with Crippen molar-refractivity contribution in [1.82, 2.24) is 5.12 Å². The summed E-state index contributed by atoms with van der Waals surface area (Å²) in [5.41, 5.74) is 1.95. The molecule has 1 aromatic heterocycles. The predicted molar refractivity (Wildman–Crippen MR) is 80.4 cm³/mol. The zero-order chi connectivity index (χ0) is 15.2. The fourth-order valence-electron chi connectivity index (χ4n) is 3.68. The number of nitrogens with zero attached hydrogens (tertiary/aromatic N) is 2. The van der Waals surface area contributed by atoms with Gasteiger partial charge < -0.3 is 9.32 Å². The number of rotatable bonds is 1. The van der Waals surface area contributed by atoms with E-state index in [0.29, 0.717) is 25.4 Å². The van der Waals surface area contributed by atoms with Gasteiger partial charge in [0.15, 0.2) is 5.76 Å². The Labute approximate surface area is 128 Å². The Morgan fingerprint density at radius 3 is 2.64 bits per heavy atom. The monoisotopic (exact) mass is 300 g/mol. The zero-order valence-electron chi connectivity index (χ0n) is 12.2. The largest absolute Gasteiger partial charge is 0.459 e. The van der Waals surface area contributed by atoms with Crippen molar-refractivity contribution in [1.29, 1.82) is 0 Å². The summed E-state index contributed by atoms with van der Waals surface area (Å²) in [6.07, 6.45) is 2.96.